The molecule has 0 amide bonds. The van der Waals surface area contributed by atoms with E-state index in [1.54, 1.807) is 16.8 Å². The highest BCUT2D eigenvalue weighted by molar-refractivity contribution is 9.10. The van der Waals surface area contributed by atoms with E-state index >= 15 is 0 Å². The van der Waals surface area contributed by atoms with Gasteiger partial charge in [0, 0.05) is 7.05 Å². The molecule has 6 heteroatoms. The standard InChI is InChI=1S/C13H16BrFN4/c1-3-16-11(12-13(14)17-18-19(12)2)8-9-4-6-10(15)7-5-9/h4-7,11,16H,3,8H2,1-2H3. The van der Waals surface area contributed by atoms with E-state index in [1.807, 2.05) is 7.05 Å². The first kappa shape index (κ1) is 14.1. The van der Waals surface area contributed by atoms with Crippen LogP contribution in [-0.4, -0.2) is 21.5 Å². The highest BCUT2D eigenvalue weighted by atomic mass is 79.9. The Morgan fingerprint density at radius 3 is 2.58 bits per heavy atom. The lowest BCUT2D eigenvalue weighted by Gasteiger charge is -2.18. The molecule has 1 unspecified atom stereocenters. The molecule has 1 heterocycles. The molecule has 0 aliphatic rings. The van der Waals surface area contributed by atoms with Crippen molar-refractivity contribution < 1.29 is 4.39 Å². The molecule has 4 nitrogen and oxygen atoms in total. The zero-order valence-corrected chi connectivity index (χ0v) is 12.5. The SMILES string of the molecule is CCNC(Cc1ccc(F)cc1)c1c(Br)nnn1C. The summed E-state index contributed by atoms with van der Waals surface area (Å²) < 4.78 is 15.4. The van der Waals surface area contributed by atoms with Gasteiger partial charge in [-0.2, -0.15) is 0 Å². The first-order valence-electron chi connectivity index (χ1n) is 6.14. The maximum atomic E-state index is 12.9. The van der Waals surface area contributed by atoms with Gasteiger partial charge in [-0.1, -0.05) is 24.3 Å². The van der Waals surface area contributed by atoms with Crippen LogP contribution in [0.3, 0.4) is 0 Å². The molecule has 102 valence electrons. The summed E-state index contributed by atoms with van der Waals surface area (Å²) in [5.41, 5.74) is 2.06. The van der Waals surface area contributed by atoms with Gasteiger partial charge >= 0.3 is 0 Å². The first-order valence-corrected chi connectivity index (χ1v) is 6.94. The van der Waals surface area contributed by atoms with Crippen LogP contribution < -0.4 is 5.32 Å². The molecule has 0 bridgehead atoms. The van der Waals surface area contributed by atoms with Gasteiger partial charge in [0.2, 0.25) is 0 Å². The number of hydrogen-bond acceptors (Lipinski definition) is 3. The Balaban J connectivity index is 2.23. The number of benzene rings is 1. The molecule has 0 fully saturated rings. The lowest BCUT2D eigenvalue weighted by atomic mass is 10.0. The number of rotatable bonds is 5. The Kier molecular flexibility index (Phi) is 4.66. The van der Waals surface area contributed by atoms with Gasteiger partial charge in [0.25, 0.3) is 0 Å². The minimum Gasteiger partial charge on any atom is -0.309 e. The fourth-order valence-corrected chi connectivity index (χ4v) is 2.68. The van der Waals surface area contributed by atoms with Crippen molar-refractivity contribution in [3.8, 4) is 0 Å². The molecule has 0 saturated heterocycles. The molecule has 0 radical (unpaired) electrons. The Morgan fingerprint density at radius 1 is 1.37 bits per heavy atom. The second-order valence-corrected chi connectivity index (χ2v) is 5.08. The van der Waals surface area contributed by atoms with Crippen molar-refractivity contribution in [3.63, 3.8) is 0 Å². The second-order valence-electron chi connectivity index (χ2n) is 4.33. The van der Waals surface area contributed by atoms with Gasteiger partial charge in [-0.3, -0.25) is 0 Å². The Labute approximate surface area is 120 Å². The topological polar surface area (TPSA) is 42.7 Å². The normalized spacial score (nSPS) is 12.6. The van der Waals surface area contributed by atoms with Crippen molar-refractivity contribution in [1.82, 2.24) is 20.3 Å². The van der Waals surface area contributed by atoms with Gasteiger partial charge < -0.3 is 5.32 Å². The summed E-state index contributed by atoms with van der Waals surface area (Å²) in [5.74, 6) is -0.216. The summed E-state index contributed by atoms with van der Waals surface area (Å²) in [7, 11) is 1.86. The summed E-state index contributed by atoms with van der Waals surface area (Å²) in [4.78, 5) is 0. The molecule has 1 aromatic heterocycles. The number of aryl methyl sites for hydroxylation is 1. The Hall–Kier alpha value is -1.27. The molecule has 0 aliphatic heterocycles. The fraction of sp³-hybridized carbons (Fsp3) is 0.385. The molecule has 2 rings (SSSR count). The lowest BCUT2D eigenvalue weighted by Crippen LogP contribution is -2.25. The number of likely N-dealkylation sites (N-methyl/N-ethyl adjacent to an activating group) is 1. The highest BCUT2D eigenvalue weighted by Crippen LogP contribution is 2.23. The third kappa shape index (κ3) is 3.39. The third-order valence-corrected chi connectivity index (χ3v) is 3.53. The van der Waals surface area contributed by atoms with E-state index in [1.165, 1.54) is 12.1 Å². The van der Waals surface area contributed by atoms with Crippen molar-refractivity contribution in [2.45, 2.75) is 19.4 Å². The number of halogens is 2. The number of nitrogens with one attached hydrogen (secondary N) is 1. The summed E-state index contributed by atoms with van der Waals surface area (Å²) in [6, 6.07) is 6.66. The minimum absolute atomic E-state index is 0.0878. The van der Waals surface area contributed by atoms with Crippen molar-refractivity contribution in [3.05, 3.63) is 45.9 Å². The van der Waals surface area contributed by atoms with Crippen LogP contribution in [0.1, 0.15) is 24.2 Å². The summed E-state index contributed by atoms with van der Waals surface area (Å²) >= 11 is 3.42. The molecule has 2 aromatic rings. The van der Waals surface area contributed by atoms with Crippen molar-refractivity contribution >= 4 is 15.9 Å². The summed E-state index contributed by atoms with van der Waals surface area (Å²) in [6.45, 7) is 2.89. The average molecular weight is 327 g/mol. The number of hydrogen-bond donors (Lipinski definition) is 1. The molecule has 1 aromatic carbocycles. The van der Waals surface area contributed by atoms with Crippen LogP contribution in [0.25, 0.3) is 0 Å². The molecular formula is C13H16BrFN4. The molecule has 0 saturated carbocycles. The Bertz CT molecular complexity index is 519. The minimum atomic E-state index is -0.216. The highest BCUT2D eigenvalue weighted by Gasteiger charge is 2.19. The average Bonchev–Trinajstić information content (AvgIpc) is 2.71. The number of aromatic nitrogens is 3. The van der Waals surface area contributed by atoms with Crippen LogP contribution in [-0.2, 0) is 13.5 Å². The van der Waals surface area contributed by atoms with Gasteiger partial charge in [-0.15, -0.1) is 5.10 Å². The van der Waals surface area contributed by atoms with E-state index in [-0.39, 0.29) is 11.9 Å². The smallest absolute Gasteiger partial charge is 0.153 e. The predicted octanol–water partition coefficient (Wildman–Crippen LogP) is 2.61. The third-order valence-electron chi connectivity index (χ3n) is 2.96. The van der Waals surface area contributed by atoms with Gasteiger partial charge in [0.15, 0.2) is 4.60 Å². The maximum Gasteiger partial charge on any atom is 0.153 e. The zero-order valence-electron chi connectivity index (χ0n) is 10.9. The maximum absolute atomic E-state index is 12.9. The first-order chi connectivity index (χ1) is 9.11. The predicted molar refractivity (Wildman–Crippen MR) is 75.2 cm³/mol. The summed E-state index contributed by atoms with van der Waals surface area (Å²) in [5, 5.41) is 11.4. The molecule has 1 atom stereocenters. The van der Waals surface area contributed by atoms with Crippen LogP contribution in [0.5, 0.6) is 0 Å². The van der Waals surface area contributed by atoms with Crippen molar-refractivity contribution in [2.75, 3.05) is 6.54 Å². The van der Waals surface area contributed by atoms with Crippen LogP contribution >= 0.6 is 15.9 Å². The molecular weight excluding hydrogens is 311 g/mol. The van der Waals surface area contributed by atoms with E-state index in [0.29, 0.717) is 0 Å². The van der Waals surface area contributed by atoms with Gasteiger partial charge in [-0.25, -0.2) is 9.07 Å². The van der Waals surface area contributed by atoms with Crippen LogP contribution in [0.2, 0.25) is 0 Å². The quantitative estimate of drug-likeness (QED) is 0.918. The van der Waals surface area contributed by atoms with Crippen molar-refractivity contribution in [1.29, 1.82) is 0 Å². The van der Waals surface area contributed by atoms with Gasteiger partial charge in [0.05, 0.1) is 11.7 Å². The van der Waals surface area contributed by atoms with Gasteiger partial charge in [-0.05, 0) is 46.6 Å². The largest absolute Gasteiger partial charge is 0.309 e. The van der Waals surface area contributed by atoms with Gasteiger partial charge in [0.1, 0.15) is 5.82 Å². The van der Waals surface area contributed by atoms with Crippen LogP contribution in [0.4, 0.5) is 4.39 Å². The fourth-order valence-electron chi connectivity index (χ4n) is 2.08. The molecule has 1 N–H and O–H groups in total. The lowest BCUT2D eigenvalue weighted by molar-refractivity contribution is 0.504. The number of nitrogens with zero attached hydrogens (tertiary/aromatic N) is 3. The van der Waals surface area contributed by atoms with E-state index in [2.05, 4.69) is 38.5 Å². The monoisotopic (exact) mass is 326 g/mol. The molecule has 0 spiro atoms. The van der Waals surface area contributed by atoms with E-state index in [9.17, 15) is 4.39 Å². The van der Waals surface area contributed by atoms with E-state index < -0.39 is 0 Å². The Morgan fingerprint density at radius 2 is 2.05 bits per heavy atom. The second kappa shape index (κ2) is 6.25. The zero-order chi connectivity index (χ0) is 13.8. The van der Waals surface area contributed by atoms with Crippen LogP contribution in [0.15, 0.2) is 28.9 Å². The molecule has 19 heavy (non-hydrogen) atoms. The molecule has 0 aliphatic carbocycles. The van der Waals surface area contributed by atoms with E-state index in [4.69, 9.17) is 0 Å². The van der Waals surface area contributed by atoms with Crippen LogP contribution in [0, 0.1) is 5.82 Å². The van der Waals surface area contributed by atoms with Crippen molar-refractivity contribution in [2.24, 2.45) is 7.05 Å². The van der Waals surface area contributed by atoms with E-state index in [0.717, 1.165) is 28.8 Å². The summed E-state index contributed by atoms with van der Waals surface area (Å²) in [6.07, 6.45) is 0.758.